The summed E-state index contributed by atoms with van der Waals surface area (Å²) >= 11 is 0. The largest absolute Gasteiger partial charge is 0.449 e. The summed E-state index contributed by atoms with van der Waals surface area (Å²) in [6.07, 6.45) is 2.70. The topological polar surface area (TPSA) is 29.5 Å². The molecule has 0 fully saturated rings. The Morgan fingerprint density at radius 2 is 2.29 bits per heavy atom. The minimum Gasteiger partial charge on any atom is -0.449 e. The highest BCUT2D eigenvalue weighted by atomic mass is 16.6. The van der Waals surface area contributed by atoms with Crippen molar-refractivity contribution in [1.82, 2.24) is 0 Å². The van der Waals surface area contributed by atoms with Crippen LogP contribution in [-0.4, -0.2) is 19.2 Å². The summed E-state index contributed by atoms with van der Waals surface area (Å²) in [4.78, 5) is 13.7. The number of nitrogens with zero attached hydrogens (tertiary/aromatic N) is 1. The summed E-state index contributed by atoms with van der Waals surface area (Å²) in [5, 5.41) is 0. The Hall–Kier alpha value is -1.51. The molecule has 17 heavy (non-hydrogen) atoms. The van der Waals surface area contributed by atoms with Crippen LogP contribution in [0.15, 0.2) is 18.2 Å². The lowest BCUT2D eigenvalue weighted by Gasteiger charge is -2.18. The summed E-state index contributed by atoms with van der Waals surface area (Å²) in [7, 11) is 0. The first kappa shape index (κ1) is 12.0. The van der Waals surface area contributed by atoms with Crippen LogP contribution in [0.4, 0.5) is 10.5 Å². The number of hydrogen-bond acceptors (Lipinski definition) is 2. The lowest BCUT2D eigenvalue weighted by molar-refractivity contribution is 0.152. The van der Waals surface area contributed by atoms with Crippen LogP contribution in [-0.2, 0) is 11.2 Å². The van der Waals surface area contributed by atoms with Crippen molar-refractivity contribution in [3.8, 4) is 0 Å². The van der Waals surface area contributed by atoms with Gasteiger partial charge in [0.1, 0.15) is 0 Å². The molecule has 3 nitrogen and oxygen atoms in total. The number of hydrogen-bond donors (Lipinski definition) is 0. The first-order valence-corrected chi connectivity index (χ1v) is 6.27. The number of unbranched alkanes of at least 4 members (excludes halogenated alkanes) is 1. The fourth-order valence-electron chi connectivity index (χ4n) is 2.22. The van der Waals surface area contributed by atoms with Crippen molar-refractivity contribution >= 4 is 11.8 Å². The third-order valence-electron chi connectivity index (χ3n) is 3.14. The highest BCUT2D eigenvalue weighted by molar-refractivity contribution is 5.91. The van der Waals surface area contributed by atoms with Crippen LogP contribution in [0.2, 0.25) is 0 Å². The Kier molecular flexibility index (Phi) is 3.67. The van der Waals surface area contributed by atoms with Crippen molar-refractivity contribution in [2.24, 2.45) is 0 Å². The van der Waals surface area contributed by atoms with Crippen LogP contribution < -0.4 is 4.90 Å². The summed E-state index contributed by atoms with van der Waals surface area (Å²) in [6, 6.07) is 6.16. The van der Waals surface area contributed by atoms with Gasteiger partial charge in [-0.05, 0) is 30.9 Å². The van der Waals surface area contributed by atoms with Gasteiger partial charge in [0, 0.05) is 6.54 Å². The molecule has 0 atom stereocenters. The van der Waals surface area contributed by atoms with Crippen molar-refractivity contribution in [3.63, 3.8) is 0 Å². The average Bonchev–Trinajstić information content (AvgIpc) is 2.74. The molecular weight excluding hydrogens is 214 g/mol. The Morgan fingerprint density at radius 1 is 1.47 bits per heavy atom. The number of para-hydroxylation sites is 1. The maximum atomic E-state index is 11.9. The predicted molar refractivity (Wildman–Crippen MR) is 68.5 cm³/mol. The molecule has 1 amide bonds. The summed E-state index contributed by atoms with van der Waals surface area (Å²) < 4.78 is 5.27. The Balaban J connectivity index is 2.08. The van der Waals surface area contributed by atoms with Crippen LogP contribution in [0.25, 0.3) is 0 Å². The van der Waals surface area contributed by atoms with Gasteiger partial charge in [-0.3, -0.25) is 4.90 Å². The summed E-state index contributed by atoms with van der Waals surface area (Å²) in [5.41, 5.74) is 3.44. The highest BCUT2D eigenvalue weighted by Gasteiger charge is 2.26. The Bertz CT molecular complexity index is 415. The average molecular weight is 233 g/mol. The smallest absolute Gasteiger partial charge is 0.414 e. The van der Waals surface area contributed by atoms with E-state index in [0.29, 0.717) is 6.61 Å². The van der Waals surface area contributed by atoms with E-state index in [2.05, 4.69) is 13.0 Å². The Morgan fingerprint density at radius 3 is 3.06 bits per heavy atom. The maximum Gasteiger partial charge on any atom is 0.414 e. The minimum absolute atomic E-state index is 0.202. The molecule has 3 heteroatoms. The van der Waals surface area contributed by atoms with Crippen molar-refractivity contribution in [1.29, 1.82) is 0 Å². The van der Waals surface area contributed by atoms with Crippen LogP contribution >= 0.6 is 0 Å². The first-order chi connectivity index (χ1) is 8.24. The van der Waals surface area contributed by atoms with Gasteiger partial charge in [0.25, 0.3) is 0 Å². The molecule has 92 valence electrons. The monoisotopic (exact) mass is 233 g/mol. The number of aryl methyl sites for hydroxylation is 1. The second-order valence-corrected chi connectivity index (χ2v) is 4.45. The number of carbonyl (C=O) groups is 1. The standard InChI is InChI=1S/C14H19NO2/c1-3-4-10-17-14(16)15-9-8-12-7-5-6-11(2)13(12)15/h5-7H,3-4,8-10H2,1-2H3. The van der Waals surface area contributed by atoms with Crippen LogP contribution in [0.1, 0.15) is 30.9 Å². The molecule has 0 saturated heterocycles. The van der Waals surface area contributed by atoms with Gasteiger partial charge in [0.15, 0.2) is 0 Å². The van der Waals surface area contributed by atoms with E-state index < -0.39 is 0 Å². The van der Waals surface area contributed by atoms with E-state index in [4.69, 9.17) is 4.74 Å². The SMILES string of the molecule is CCCCOC(=O)N1CCc2cccc(C)c21. The van der Waals surface area contributed by atoms with E-state index in [9.17, 15) is 4.79 Å². The molecule has 2 rings (SSSR count). The maximum absolute atomic E-state index is 11.9. The van der Waals surface area contributed by atoms with Crippen molar-refractivity contribution in [2.75, 3.05) is 18.1 Å². The number of ether oxygens (including phenoxy) is 1. The summed E-state index contributed by atoms with van der Waals surface area (Å²) in [5.74, 6) is 0. The third kappa shape index (κ3) is 2.43. The zero-order valence-electron chi connectivity index (χ0n) is 10.5. The van der Waals surface area contributed by atoms with Crippen LogP contribution in [0.5, 0.6) is 0 Å². The van der Waals surface area contributed by atoms with Gasteiger partial charge in [-0.25, -0.2) is 4.79 Å². The van der Waals surface area contributed by atoms with E-state index >= 15 is 0 Å². The lowest BCUT2D eigenvalue weighted by Crippen LogP contribution is -2.30. The molecule has 0 saturated carbocycles. The number of fused-ring (bicyclic) bond motifs is 1. The van der Waals surface area contributed by atoms with Gasteiger partial charge in [-0.1, -0.05) is 31.5 Å². The van der Waals surface area contributed by atoms with Gasteiger partial charge in [-0.15, -0.1) is 0 Å². The molecule has 1 aliphatic rings. The number of amides is 1. The fraction of sp³-hybridized carbons (Fsp3) is 0.500. The zero-order valence-corrected chi connectivity index (χ0v) is 10.5. The normalized spacial score (nSPS) is 13.6. The molecule has 1 heterocycles. The van der Waals surface area contributed by atoms with Gasteiger partial charge >= 0.3 is 6.09 Å². The first-order valence-electron chi connectivity index (χ1n) is 6.27. The molecule has 0 unspecified atom stereocenters. The lowest BCUT2D eigenvalue weighted by atomic mass is 10.1. The van der Waals surface area contributed by atoms with Crippen LogP contribution in [0.3, 0.4) is 0 Å². The predicted octanol–water partition coefficient (Wildman–Crippen LogP) is 3.29. The Labute approximate surface area is 102 Å². The van der Waals surface area contributed by atoms with E-state index in [1.54, 1.807) is 4.90 Å². The number of anilines is 1. The second kappa shape index (κ2) is 5.21. The molecule has 0 bridgehead atoms. The minimum atomic E-state index is -0.202. The number of carbonyl (C=O) groups excluding carboxylic acids is 1. The van der Waals surface area contributed by atoms with E-state index in [1.807, 2.05) is 19.1 Å². The second-order valence-electron chi connectivity index (χ2n) is 4.45. The molecular formula is C14H19NO2. The molecule has 1 aliphatic heterocycles. The number of benzene rings is 1. The summed E-state index contributed by atoms with van der Waals surface area (Å²) in [6.45, 7) is 5.39. The molecule has 0 aliphatic carbocycles. The van der Waals surface area contributed by atoms with E-state index in [1.165, 1.54) is 5.56 Å². The van der Waals surface area contributed by atoms with Gasteiger partial charge in [-0.2, -0.15) is 0 Å². The van der Waals surface area contributed by atoms with Gasteiger partial charge in [0.2, 0.25) is 0 Å². The fourth-order valence-corrected chi connectivity index (χ4v) is 2.22. The number of rotatable bonds is 3. The molecule has 0 radical (unpaired) electrons. The van der Waals surface area contributed by atoms with Crippen molar-refractivity contribution in [3.05, 3.63) is 29.3 Å². The third-order valence-corrected chi connectivity index (χ3v) is 3.14. The molecule has 1 aromatic carbocycles. The van der Waals surface area contributed by atoms with Gasteiger partial charge in [0.05, 0.1) is 12.3 Å². The highest BCUT2D eigenvalue weighted by Crippen LogP contribution is 2.31. The van der Waals surface area contributed by atoms with E-state index in [0.717, 1.165) is 37.1 Å². The molecule has 0 aromatic heterocycles. The van der Waals surface area contributed by atoms with Crippen molar-refractivity contribution < 1.29 is 9.53 Å². The zero-order chi connectivity index (χ0) is 12.3. The molecule has 1 aromatic rings. The van der Waals surface area contributed by atoms with E-state index in [-0.39, 0.29) is 6.09 Å². The van der Waals surface area contributed by atoms with Crippen molar-refractivity contribution in [2.45, 2.75) is 33.1 Å². The van der Waals surface area contributed by atoms with Gasteiger partial charge < -0.3 is 4.74 Å². The molecule has 0 spiro atoms. The molecule has 0 N–H and O–H groups in total. The van der Waals surface area contributed by atoms with Crippen LogP contribution in [0, 0.1) is 6.92 Å². The quantitative estimate of drug-likeness (QED) is 0.750.